The number of Topliss-reactive ketones (excluding diaryl/α,β-unsaturated/α-hetero) is 4. The molecule has 0 spiro atoms. The molecular formula is C24H30N4O7. The molecule has 3 aliphatic carbocycles. The van der Waals surface area contributed by atoms with Crippen LogP contribution in [-0.2, 0) is 32.1 Å². The van der Waals surface area contributed by atoms with Crippen LogP contribution in [-0.4, -0.2) is 84.0 Å². The zero-order chi connectivity index (χ0) is 26.1. The van der Waals surface area contributed by atoms with Crippen molar-refractivity contribution in [1.82, 2.24) is 4.90 Å². The number of nitrogens with two attached hydrogens (primary N) is 2. The van der Waals surface area contributed by atoms with Crippen molar-refractivity contribution in [1.29, 1.82) is 0 Å². The van der Waals surface area contributed by atoms with E-state index in [4.69, 9.17) is 11.5 Å². The maximum absolute atomic E-state index is 13.8. The molecule has 1 aromatic rings. The Hall–Kier alpha value is -3.15. The van der Waals surface area contributed by atoms with Gasteiger partial charge in [-0.25, -0.2) is 0 Å². The fourth-order valence-corrected chi connectivity index (χ4v) is 6.26. The van der Waals surface area contributed by atoms with Crippen LogP contribution in [0.25, 0.3) is 0 Å². The Morgan fingerprint density at radius 2 is 1.77 bits per heavy atom. The molecule has 3 aliphatic rings. The standard InChI is InChI=1S/C24H30N4O7/c1-27(2)13-7-10(8-25)18(29)15-11(13)5-9-6-12-17(28(3)4)20(31)16(23(26)34)22(33)24(12,35)21(32)14(9)19(15)30/h7,9,12,14,16-17,29,35H,5-6,8,25H2,1-4H3,(H2,26,34)/t9?,12?,14?,16?,17?,24-/m0/s1. The molecule has 0 aromatic heterocycles. The number of benzene rings is 1. The Morgan fingerprint density at radius 3 is 2.29 bits per heavy atom. The van der Waals surface area contributed by atoms with E-state index in [0.29, 0.717) is 16.8 Å². The first-order valence-corrected chi connectivity index (χ1v) is 11.4. The van der Waals surface area contributed by atoms with E-state index in [1.807, 2.05) is 0 Å². The van der Waals surface area contributed by atoms with Gasteiger partial charge in [-0.3, -0.25) is 28.9 Å². The summed E-state index contributed by atoms with van der Waals surface area (Å²) in [6.07, 6.45) is 0.216. The van der Waals surface area contributed by atoms with Gasteiger partial charge < -0.3 is 26.6 Å². The molecule has 2 fully saturated rings. The quantitative estimate of drug-likeness (QED) is 0.361. The van der Waals surface area contributed by atoms with E-state index in [9.17, 15) is 34.2 Å². The molecule has 188 valence electrons. The highest BCUT2D eigenvalue weighted by Gasteiger charge is 2.69. The summed E-state index contributed by atoms with van der Waals surface area (Å²) in [4.78, 5) is 69.1. The number of anilines is 1. The molecule has 0 radical (unpaired) electrons. The minimum Gasteiger partial charge on any atom is -0.507 e. The number of carbonyl (C=O) groups is 5. The summed E-state index contributed by atoms with van der Waals surface area (Å²) in [6.45, 7) is -0.0489. The molecule has 0 saturated heterocycles. The zero-order valence-corrected chi connectivity index (χ0v) is 20.1. The molecule has 0 heterocycles. The second-order valence-electron chi connectivity index (χ2n) is 10.1. The molecule has 0 aliphatic heterocycles. The van der Waals surface area contributed by atoms with E-state index in [1.54, 1.807) is 39.2 Å². The lowest BCUT2D eigenvalue weighted by atomic mass is 9.52. The van der Waals surface area contributed by atoms with Crippen molar-refractivity contribution >= 4 is 34.7 Å². The maximum atomic E-state index is 13.8. The van der Waals surface area contributed by atoms with Crippen molar-refractivity contribution in [3.05, 3.63) is 22.8 Å². The van der Waals surface area contributed by atoms with Gasteiger partial charge in [-0.05, 0) is 44.5 Å². The highest BCUT2D eigenvalue weighted by molar-refractivity contribution is 6.32. The topological polar surface area (TPSA) is 184 Å². The van der Waals surface area contributed by atoms with Crippen LogP contribution < -0.4 is 16.4 Å². The summed E-state index contributed by atoms with van der Waals surface area (Å²) in [5.74, 6) is -10.6. The van der Waals surface area contributed by atoms with E-state index < -0.39 is 64.4 Å². The van der Waals surface area contributed by atoms with Crippen molar-refractivity contribution in [3.8, 4) is 5.75 Å². The van der Waals surface area contributed by atoms with Gasteiger partial charge in [0.25, 0.3) is 0 Å². The fraction of sp³-hybridized carbons (Fsp3) is 0.542. The molecule has 1 amide bonds. The molecule has 6 atom stereocenters. The van der Waals surface area contributed by atoms with Crippen LogP contribution in [0.5, 0.6) is 5.75 Å². The van der Waals surface area contributed by atoms with Gasteiger partial charge in [-0.15, -0.1) is 0 Å². The molecule has 5 unspecified atom stereocenters. The predicted octanol–water partition coefficient (Wildman–Crippen LogP) is -1.61. The highest BCUT2D eigenvalue weighted by atomic mass is 16.3. The summed E-state index contributed by atoms with van der Waals surface area (Å²) in [6, 6.07) is 0.564. The van der Waals surface area contributed by atoms with Gasteiger partial charge in [0.05, 0.1) is 17.5 Å². The van der Waals surface area contributed by atoms with Crippen LogP contribution in [0.1, 0.15) is 27.9 Å². The molecule has 2 saturated carbocycles. The van der Waals surface area contributed by atoms with Crippen LogP contribution >= 0.6 is 0 Å². The average molecular weight is 487 g/mol. The third-order valence-electron chi connectivity index (χ3n) is 7.82. The van der Waals surface area contributed by atoms with Gasteiger partial charge in [-0.2, -0.15) is 0 Å². The number of hydrogen-bond donors (Lipinski definition) is 4. The average Bonchev–Trinajstić information content (AvgIpc) is 2.75. The van der Waals surface area contributed by atoms with Crippen molar-refractivity contribution in [2.75, 3.05) is 33.1 Å². The Morgan fingerprint density at radius 1 is 1.14 bits per heavy atom. The summed E-state index contributed by atoms with van der Waals surface area (Å²) in [5, 5.41) is 22.4. The fourth-order valence-electron chi connectivity index (χ4n) is 6.26. The number of hydrogen-bond acceptors (Lipinski definition) is 10. The first-order valence-electron chi connectivity index (χ1n) is 11.4. The molecule has 35 heavy (non-hydrogen) atoms. The number of phenolic OH excluding ortho intramolecular Hbond substituents is 1. The number of fused-ring (bicyclic) bond motifs is 3. The molecule has 6 N–H and O–H groups in total. The van der Waals surface area contributed by atoms with Crippen LogP contribution in [0.15, 0.2) is 6.07 Å². The first-order chi connectivity index (χ1) is 16.3. The van der Waals surface area contributed by atoms with Crippen LogP contribution in [0.2, 0.25) is 0 Å². The Labute approximate surface area is 202 Å². The summed E-state index contributed by atoms with van der Waals surface area (Å²) >= 11 is 0. The summed E-state index contributed by atoms with van der Waals surface area (Å²) in [7, 11) is 6.65. The second-order valence-corrected chi connectivity index (χ2v) is 10.1. The molecular weight excluding hydrogens is 456 g/mol. The van der Waals surface area contributed by atoms with Gasteiger partial charge in [0.15, 0.2) is 34.7 Å². The van der Waals surface area contributed by atoms with Crippen LogP contribution in [0, 0.1) is 23.7 Å². The number of carbonyl (C=O) groups excluding carboxylic acids is 5. The van der Waals surface area contributed by atoms with Crippen LogP contribution in [0.4, 0.5) is 5.69 Å². The van der Waals surface area contributed by atoms with Crippen LogP contribution in [0.3, 0.4) is 0 Å². The lowest BCUT2D eigenvalue weighted by Gasteiger charge is -2.52. The molecule has 11 heteroatoms. The number of phenols is 1. The third-order valence-corrected chi connectivity index (χ3v) is 7.82. The van der Waals surface area contributed by atoms with E-state index in [0.717, 1.165) is 0 Å². The number of rotatable bonds is 4. The number of primary amides is 1. The number of aromatic hydroxyl groups is 1. The Kier molecular flexibility index (Phi) is 5.86. The Balaban J connectivity index is 1.91. The molecule has 0 bridgehead atoms. The minimum absolute atomic E-state index is 0.0101. The molecule has 1 aromatic carbocycles. The number of amides is 1. The van der Waals surface area contributed by atoms with Crippen molar-refractivity contribution in [3.63, 3.8) is 0 Å². The monoisotopic (exact) mass is 486 g/mol. The maximum Gasteiger partial charge on any atom is 0.235 e. The third kappa shape index (κ3) is 3.25. The van der Waals surface area contributed by atoms with E-state index in [2.05, 4.69) is 0 Å². The summed E-state index contributed by atoms with van der Waals surface area (Å²) in [5.41, 5.74) is 9.81. The van der Waals surface area contributed by atoms with Crippen molar-refractivity contribution in [2.24, 2.45) is 35.1 Å². The van der Waals surface area contributed by atoms with Gasteiger partial charge >= 0.3 is 0 Å². The normalized spacial score (nSPS) is 32.3. The number of aliphatic hydroxyl groups is 1. The Bertz CT molecular complexity index is 1180. The van der Waals surface area contributed by atoms with Gasteiger partial charge in [-0.1, -0.05) is 0 Å². The van der Waals surface area contributed by atoms with E-state index >= 15 is 0 Å². The molecule has 11 nitrogen and oxygen atoms in total. The second kappa shape index (κ2) is 8.21. The first kappa shape index (κ1) is 25.0. The largest absolute Gasteiger partial charge is 0.507 e. The van der Waals surface area contributed by atoms with Gasteiger partial charge in [0.1, 0.15) is 5.75 Å². The van der Waals surface area contributed by atoms with Crippen molar-refractivity contribution < 1.29 is 34.2 Å². The van der Waals surface area contributed by atoms with Crippen molar-refractivity contribution in [2.45, 2.75) is 31.0 Å². The lowest BCUT2D eigenvalue weighted by molar-refractivity contribution is -0.181. The molecule has 4 rings (SSSR count). The zero-order valence-electron chi connectivity index (χ0n) is 20.1. The lowest BCUT2D eigenvalue weighted by Crippen LogP contribution is -2.74. The van der Waals surface area contributed by atoms with Gasteiger partial charge in [0, 0.05) is 37.8 Å². The minimum atomic E-state index is -2.73. The summed E-state index contributed by atoms with van der Waals surface area (Å²) < 4.78 is 0. The number of ketones is 4. The number of nitrogens with zero attached hydrogens (tertiary/aromatic N) is 2. The van der Waals surface area contributed by atoms with E-state index in [1.165, 1.54) is 4.90 Å². The SMILES string of the molecule is CN(C)c1cc(CN)c(O)c2c1CC1CC3C(N(C)C)C(=O)C(C(N)=O)C(=O)[C@@]3(O)C(=O)C1C2=O. The van der Waals surface area contributed by atoms with Gasteiger partial charge in [0.2, 0.25) is 5.91 Å². The highest BCUT2D eigenvalue weighted by Crippen LogP contribution is 2.52. The number of likely N-dealkylation sites (N-methyl/N-ethyl adjacent to an activating group) is 1. The smallest absolute Gasteiger partial charge is 0.235 e. The van der Waals surface area contributed by atoms with E-state index in [-0.39, 0.29) is 30.7 Å². The predicted molar refractivity (Wildman–Crippen MR) is 124 cm³/mol.